The minimum absolute atomic E-state index is 0.0996. The molecule has 1 aliphatic rings. The van der Waals surface area contributed by atoms with Gasteiger partial charge in [0.2, 0.25) is 0 Å². The molecule has 0 aliphatic heterocycles. The van der Waals surface area contributed by atoms with Crippen molar-refractivity contribution in [2.45, 2.75) is 50.6 Å². The summed E-state index contributed by atoms with van der Waals surface area (Å²) in [5.41, 5.74) is 6.08. The zero-order valence-electron chi connectivity index (χ0n) is 13.5. The first-order valence-electron chi connectivity index (χ1n) is 7.54. The molecule has 2 N–H and O–H groups in total. The maximum atomic E-state index is 14.5. The van der Waals surface area contributed by atoms with E-state index in [1.54, 1.807) is 34.1 Å². The molecule has 0 unspecified atom stereocenters. The number of benzene rings is 1. The van der Waals surface area contributed by atoms with E-state index in [1.165, 1.54) is 0 Å². The SMILES string of the molecule is COc1cc(OC)c(C2(CN)CCCC2)cc1C(C)(C)F. The second-order valence-electron chi connectivity index (χ2n) is 6.42. The van der Waals surface area contributed by atoms with Crippen molar-refractivity contribution in [2.75, 3.05) is 20.8 Å². The van der Waals surface area contributed by atoms with Gasteiger partial charge in [0, 0.05) is 29.2 Å². The van der Waals surface area contributed by atoms with Crippen LogP contribution in [-0.4, -0.2) is 20.8 Å². The summed E-state index contributed by atoms with van der Waals surface area (Å²) in [7, 11) is 3.19. The first-order valence-corrected chi connectivity index (χ1v) is 7.54. The molecule has 4 heteroatoms. The predicted molar refractivity (Wildman–Crippen MR) is 82.9 cm³/mol. The lowest BCUT2D eigenvalue weighted by atomic mass is 9.77. The van der Waals surface area contributed by atoms with E-state index in [4.69, 9.17) is 15.2 Å². The van der Waals surface area contributed by atoms with Crippen LogP contribution in [0.15, 0.2) is 12.1 Å². The zero-order valence-corrected chi connectivity index (χ0v) is 13.5. The number of nitrogens with two attached hydrogens (primary N) is 1. The molecule has 0 atom stereocenters. The van der Waals surface area contributed by atoms with Crippen molar-refractivity contribution in [1.29, 1.82) is 0 Å². The summed E-state index contributed by atoms with van der Waals surface area (Å²) >= 11 is 0. The van der Waals surface area contributed by atoms with Gasteiger partial charge in [-0.25, -0.2) is 4.39 Å². The van der Waals surface area contributed by atoms with Crippen LogP contribution in [0.3, 0.4) is 0 Å². The highest BCUT2D eigenvalue weighted by molar-refractivity contribution is 5.52. The molecule has 0 saturated heterocycles. The van der Waals surface area contributed by atoms with Gasteiger partial charge in [0.05, 0.1) is 14.2 Å². The summed E-state index contributed by atoms with van der Waals surface area (Å²) in [6, 6.07) is 3.69. The van der Waals surface area contributed by atoms with Gasteiger partial charge in [-0.1, -0.05) is 12.8 Å². The van der Waals surface area contributed by atoms with Crippen LogP contribution in [0, 0.1) is 0 Å². The van der Waals surface area contributed by atoms with E-state index in [9.17, 15) is 4.39 Å². The Hall–Kier alpha value is -1.29. The second-order valence-corrected chi connectivity index (χ2v) is 6.42. The molecule has 0 radical (unpaired) electrons. The van der Waals surface area contributed by atoms with Gasteiger partial charge in [0.15, 0.2) is 0 Å². The predicted octanol–water partition coefficient (Wildman–Crippen LogP) is 3.68. The highest BCUT2D eigenvalue weighted by atomic mass is 19.1. The number of ether oxygens (including phenoxy) is 2. The minimum atomic E-state index is -1.47. The molecule has 0 heterocycles. The third-order valence-corrected chi connectivity index (χ3v) is 4.68. The molecule has 0 aromatic heterocycles. The van der Waals surface area contributed by atoms with E-state index in [1.807, 2.05) is 6.07 Å². The Bertz CT molecular complexity index is 502. The summed E-state index contributed by atoms with van der Waals surface area (Å²) in [6.45, 7) is 3.65. The molecule has 3 nitrogen and oxygen atoms in total. The Balaban J connectivity index is 2.64. The normalized spacial score (nSPS) is 17.8. The lowest BCUT2D eigenvalue weighted by molar-refractivity contribution is 0.212. The molecule has 0 amide bonds. The van der Waals surface area contributed by atoms with E-state index in [0.29, 0.717) is 17.9 Å². The highest BCUT2D eigenvalue weighted by Gasteiger charge is 2.38. The summed E-state index contributed by atoms with van der Waals surface area (Å²) in [5, 5.41) is 0. The lowest BCUT2D eigenvalue weighted by Gasteiger charge is -2.31. The summed E-state index contributed by atoms with van der Waals surface area (Å²) in [5.74, 6) is 1.26. The van der Waals surface area contributed by atoms with Gasteiger partial charge < -0.3 is 15.2 Å². The van der Waals surface area contributed by atoms with Gasteiger partial charge in [0.25, 0.3) is 0 Å². The first kappa shape index (κ1) is 16.1. The van der Waals surface area contributed by atoms with Crippen LogP contribution in [-0.2, 0) is 11.1 Å². The van der Waals surface area contributed by atoms with Crippen LogP contribution >= 0.6 is 0 Å². The van der Waals surface area contributed by atoms with E-state index in [-0.39, 0.29) is 5.41 Å². The van der Waals surface area contributed by atoms with Crippen molar-refractivity contribution in [1.82, 2.24) is 0 Å². The Labute approximate surface area is 126 Å². The highest BCUT2D eigenvalue weighted by Crippen LogP contribution is 2.47. The Morgan fingerprint density at radius 3 is 2.14 bits per heavy atom. The van der Waals surface area contributed by atoms with Gasteiger partial charge in [-0.05, 0) is 32.8 Å². The van der Waals surface area contributed by atoms with Crippen LogP contribution in [0.1, 0.15) is 50.7 Å². The van der Waals surface area contributed by atoms with Crippen LogP contribution in [0.4, 0.5) is 4.39 Å². The number of hydrogen-bond acceptors (Lipinski definition) is 3. The molecule has 1 saturated carbocycles. The third-order valence-electron chi connectivity index (χ3n) is 4.68. The quantitative estimate of drug-likeness (QED) is 0.901. The van der Waals surface area contributed by atoms with Crippen molar-refractivity contribution >= 4 is 0 Å². The van der Waals surface area contributed by atoms with Crippen LogP contribution in [0.2, 0.25) is 0 Å². The summed E-state index contributed by atoms with van der Waals surface area (Å²) in [6.07, 6.45) is 4.36. The molecular weight excluding hydrogens is 269 g/mol. The summed E-state index contributed by atoms with van der Waals surface area (Å²) < 4.78 is 25.4. The number of methoxy groups -OCH3 is 2. The Morgan fingerprint density at radius 1 is 1.14 bits per heavy atom. The van der Waals surface area contributed by atoms with Crippen molar-refractivity contribution in [2.24, 2.45) is 5.73 Å². The molecule has 0 bridgehead atoms. The smallest absolute Gasteiger partial charge is 0.134 e. The largest absolute Gasteiger partial charge is 0.496 e. The van der Waals surface area contributed by atoms with Gasteiger partial charge in [-0.2, -0.15) is 0 Å². The zero-order chi connectivity index (χ0) is 15.7. The fraction of sp³-hybridized carbons (Fsp3) is 0.647. The monoisotopic (exact) mass is 295 g/mol. The van der Waals surface area contributed by atoms with E-state index < -0.39 is 5.67 Å². The minimum Gasteiger partial charge on any atom is -0.496 e. The first-order chi connectivity index (χ1) is 9.88. The average molecular weight is 295 g/mol. The molecule has 1 aliphatic carbocycles. The number of rotatable bonds is 5. The molecular formula is C17H26FNO2. The van der Waals surface area contributed by atoms with Crippen LogP contribution in [0.5, 0.6) is 11.5 Å². The average Bonchev–Trinajstić information content (AvgIpc) is 2.94. The number of hydrogen-bond donors (Lipinski definition) is 1. The topological polar surface area (TPSA) is 44.5 Å². The van der Waals surface area contributed by atoms with Gasteiger partial charge in [-0.15, -0.1) is 0 Å². The van der Waals surface area contributed by atoms with Crippen molar-refractivity contribution in [3.05, 3.63) is 23.3 Å². The van der Waals surface area contributed by atoms with Gasteiger partial charge in [0.1, 0.15) is 17.2 Å². The fourth-order valence-electron chi connectivity index (χ4n) is 3.41. The fourth-order valence-corrected chi connectivity index (χ4v) is 3.41. The lowest BCUT2D eigenvalue weighted by Crippen LogP contribution is -2.33. The molecule has 1 aromatic rings. The Morgan fingerprint density at radius 2 is 1.71 bits per heavy atom. The molecule has 118 valence electrons. The van der Waals surface area contributed by atoms with Crippen LogP contribution < -0.4 is 15.2 Å². The Kier molecular flexibility index (Phi) is 4.47. The van der Waals surface area contributed by atoms with E-state index in [0.717, 1.165) is 37.0 Å². The van der Waals surface area contributed by atoms with E-state index in [2.05, 4.69) is 0 Å². The second kappa shape index (κ2) is 5.84. The number of halogens is 1. The maximum absolute atomic E-state index is 14.5. The van der Waals surface area contributed by atoms with Crippen molar-refractivity contribution < 1.29 is 13.9 Å². The summed E-state index contributed by atoms with van der Waals surface area (Å²) in [4.78, 5) is 0. The molecule has 1 fully saturated rings. The van der Waals surface area contributed by atoms with Crippen LogP contribution in [0.25, 0.3) is 0 Å². The van der Waals surface area contributed by atoms with Crippen molar-refractivity contribution in [3.8, 4) is 11.5 Å². The molecule has 2 rings (SSSR count). The third kappa shape index (κ3) is 2.86. The maximum Gasteiger partial charge on any atom is 0.134 e. The number of alkyl halides is 1. The van der Waals surface area contributed by atoms with Crippen molar-refractivity contribution in [3.63, 3.8) is 0 Å². The van der Waals surface area contributed by atoms with E-state index >= 15 is 0 Å². The molecule has 21 heavy (non-hydrogen) atoms. The van der Waals surface area contributed by atoms with Gasteiger partial charge in [-0.3, -0.25) is 0 Å². The molecule has 0 spiro atoms. The molecule has 1 aromatic carbocycles. The standard InChI is InChI=1S/C17H26FNO2/c1-16(2,18)12-9-13(15(21-4)10-14(12)20-3)17(11-19)7-5-6-8-17/h9-10H,5-8,11,19H2,1-4H3. The van der Waals surface area contributed by atoms with Gasteiger partial charge >= 0.3 is 0 Å².